The summed E-state index contributed by atoms with van der Waals surface area (Å²) in [5.41, 5.74) is 0.278. The van der Waals surface area contributed by atoms with Gasteiger partial charge in [-0.1, -0.05) is 53.1 Å². The van der Waals surface area contributed by atoms with Crippen LogP contribution in [0.25, 0.3) is 0 Å². The summed E-state index contributed by atoms with van der Waals surface area (Å²) >= 11 is 6.02. The molecular formula is C15H24ClN3O. The van der Waals surface area contributed by atoms with E-state index in [9.17, 15) is 4.79 Å². The number of halogens is 1. The van der Waals surface area contributed by atoms with Gasteiger partial charge in [-0.15, -0.1) is 0 Å². The number of hydrogen-bond donors (Lipinski definition) is 1. The SMILES string of the molecule is CC(C)c1ncc(Cl)c(C(=O)NCC(C)(C)C(C)C)n1. The van der Waals surface area contributed by atoms with Crippen LogP contribution in [0.3, 0.4) is 0 Å². The molecule has 0 unspecified atom stereocenters. The molecule has 1 aromatic rings. The molecule has 112 valence electrons. The summed E-state index contributed by atoms with van der Waals surface area (Å²) in [4.78, 5) is 20.6. The molecule has 1 heterocycles. The van der Waals surface area contributed by atoms with Crippen molar-refractivity contribution in [2.75, 3.05) is 6.54 Å². The lowest BCUT2D eigenvalue weighted by Gasteiger charge is -2.29. The Bertz CT molecular complexity index is 484. The third-order valence-electron chi connectivity index (χ3n) is 3.76. The molecule has 0 saturated heterocycles. The van der Waals surface area contributed by atoms with Crippen LogP contribution in [-0.4, -0.2) is 22.4 Å². The van der Waals surface area contributed by atoms with Crippen molar-refractivity contribution in [3.63, 3.8) is 0 Å². The van der Waals surface area contributed by atoms with Crippen molar-refractivity contribution < 1.29 is 4.79 Å². The Morgan fingerprint density at radius 2 is 1.95 bits per heavy atom. The van der Waals surface area contributed by atoms with Crippen LogP contribution in [-0.2, 0) is 0 Å². The molecule has 5 heteroatoms. The summed E-state index contributed by atoms with van der Waals surface area (Å²) in [7, 11) is 0. The van der Waals surface area contributed by atoms with E-state index in [0.29, 0.717) is 18.3 Å². The molecule has 0 aliphatic rings. The summed E-state index contributed by atoms with van der Waals surface area (Å²) in [6.07, 6.45) is 1.49. The average Bonchev–Trinajstić information content (AvgIpc) is 2.36. The first-order valence-electron chi connectivity index (χ1n) is 6.95. The monoisotopic (exact) mass is 297 g/mol. The van der Waals surface area contributed by atoms with Crippen molar-refractivity contribution in [3.05, 3.63) is 22.7 Å². The molecule has 20 heavy (non-hydrogen) atoms. The van der Waals surface area contributed by atoms with Crippen LogP contribution in [0.4, 0.5) is 0 Å². The number of nitrogens with one attached hydrogen (secondary N) is 1. The van der Waals surface area contributed by atoms with Gasteiger partial charge < -0.3 is 5.32 Å². The van der Waals surface area contributed by atoms with Crippen molar-refractivity contribution in [2.24, 2.45) is 11.3 Å². The van der Waals surface area contributed by atoms with Gasteiger partial charge in [0.2, 0.25) is 0 Å². The van der Waals surface area contributed by atoms with Crippen molar-refractivity contribution in [1.29, 1.82) is 0 Å². The number of aromatic nitrogens is 2. The molecule has 0 aliphatic heterocycles. The van der Waals surface area contributed by atoms with E-state index in [0.717, 1.165) is 0 Å². The van der Waals surface area contributed by atoms with Crippen LogP contribution in [0.5, 0.6) is 0 Å². The van der Waals surface area contributed by atoms with Crippen LogP contribution < -0.4 is 5.32 Å². The number of amides is 1. The average molecular weight is 298 g/mol. The third kappa shape index (κ3) is 4.17. The van der Waals surface area contributed by atoms with Crippen molar-refractivity contribution in [3.8, 4) is 0 Å². The lowest BCUT2D eigenvalue weighted by Crippen LogP contribution is -2.37. The van der Waals surface area contributed by atoms with E-state index in [1.807, 2.05) is 13.8 Å². The zero-order chi connectivity index (χ0) is 15.5. The Morgan fingerprint density at radius 1 is 1.35 bits per heavy atom. The fraction of sp³-hybridized carbons (Fsp3) is 0.667. The molecule has 0 saturated carbocycles. The van der Waals surface area contributed by atoms with Gasteiger partial charge in [-0.25, -0.2) is 9.97 Å². The topological polar surface area (TPSA) is 54.9 Å². The molecule has 0 spiro atoms. The highest BCUT2D eigenvalue weighted by molar-refractivity contribution is 6.33. The molecule has 0 fully saturated rings. The predicted molar refractivity (Wildman–Crippen MR) is 82.1 cm³/mol. The highest BCUT2D eigenvalue weighted by atomic mass is 35.5. The molecule has 0 radical (unpaired) electrons. The molecule has 4 nitrogen and oxygen atoms in total. The lowest BCUT2D eigenvalue weighted by atomic mass is 9.81. The molecule has 0 aromatic carbocycles. The second-order valence-electron chi connectivity index (χ2n) is 6.41. The van der Waals surface area contributed by atoms with Gasteiger partial charge in [-0.05, 0) is 11.3 Å². The van der Waals surface area contributed by atoms with E-state index in [1.54, 1.807) is 0 Å². The van der Waals surface area contributed by atoms with Crippen LogP contribution in [0.1, 0.15) is 63.8 Å². The predicted octanol–water partition coefficient (Wildman–Crippen LogP) is 3.67. The summed E-state index contributed by atoms with van der Waals surface area (Å²) in [6, 6.07) is 0. The highest BCUT2D eigenvalue weighted by Gasteiger charge is 2.24. The van der Waals surface area contributed by atoms with E-state index in [2.05, 4.69) is 43.0 Å². The van der Waals surface area contributed by atoms with E-state index in [1.165, 1.54) is 6.20 Å². The zero-order valence-electron chi connectivity index (χ0n) is 13.1. The molecule has 0 aliphatic carbocycles. The maximum Gasteiger partial charge on any atom is 0.271 e. The Morgan fingerprint density at radius 3 is 2.45 bits per heavy atom. The largest absolute Gasteiger partial charge is 0.350 e. The first kappa shape index (κ1) is 16.9. The fourth-order valence-corrected chi connectivity index (χ4v) is 1.59. The van der Waals surface area contributed by atoms with Crippen molar-refractivity contribution in [2.45, 2.75) is 47.5 Å². The van der Waals surface area contributed by atoms with Gasteiger partial charge in [0.15, 0.2) is 0 Å². The summed E-state index contributed by atoms with van der Waals surface area (Å²) in [5.74, 6) is 1.01. The normalized spacial score (nSPS) is 12.1. The molecule has 1 aromatic heterocycles. The minimum atomic E-state index is -0.243. The molecule has 1 rings (SSSR count). The van der Waals surface area contributed by atoms with Gasteiger partial charge >= 0.3 is 0 Å². The van der Waals surface area contributed by atoms with Gasteiger partial charge in [0.1, 0.15) is 11.5 Å². The van der Waals surface area contributed by atoms with Gasteiger partial charge in [0.25, 0.3) is 5.91 Å². The first-order valence-corrected chi connectivity index (χ1v) is 7.33. The summed E-state index contributed by atoms with van der Waals surface area (Å²) in [5, 5.41) is 3.20. The molecule has 0 bridgehead atoms. The van der Waals surface area contributed by atoms with E-state index >= 15 is 0 Å². The minimum Gasteiger partial charge on any atom is -0.350 e. The Balaban J connectivity index is 2.85. The van der Waals surface area contributed by atoms with E-state index in [-0.39, 0.29) is 28.0 Å². The highest BCUT2D eigenvalue weighted by Crippen LogP contribution is 2.25. The van der Waals surface area contributed by atoms with Crippen molar-refractivity contribution >= 4 is 17.5 Å². The van der Waals surface area contributed by atoms with Crippen molar-refractivity contribution in [1.82, 2.24) is 15.3 Å². The van der Waals surface area contributed by atoms with Gasteiger partial charge in [-0.3, -0.25) is 4.79 Å². The van der Waals surface area contributed by atoms with Crippen LogP contribution >= 0.6 is 11.6 Å². The van der Waals surface area contributed by atoms with Crippen LogP contribution in [0, 0.1) is 11.3 Å². The fourth-order valence-electron chi connectivity index (χ4n) is 1.41. The molecule has 1 N–H and O–H groups in total. The number of rotatable bonds is 5. The zero-order valence-corrected chi connectivity index (χ0v) is 13.9. The Kier molecular flexibility index (Phi) is 5.51. The lowest BCUT2D eigenvalue weighted by molar-refractivity contribution is 0.0919. The molecular weight excluding hydrogens is 274 g/mol. The second kappa shape index (κ2) is 6.53. The van der Waals surface area contributed by atoms with Crippen LogP contribution in [0.15, 0.2) is 6.20 Å². The number of carbonyl (C=O) groups excluding carboxylic acids is 1. The maximum absolute atomic E-state index is 12.2. The standard InChI is InChI=1S/C15H24ClN3O/c1-9(2)13-17-7-11(16)12(19-13)14(20)18-8-15(5,6)10(3)4/h7,9-10H,8H2,1-6H3,(H,18,20). The van der Waals surface area contributed by atoms with Gasteiger partial charge in [0, 0.05) is 12.5 Å². The number of carbonyl (C=O) groups is 1. The Hall–Kier alpha value is -1.16. The maximum atomic E-state index is 12.2. The van der Waals surface area contributed by atoms with Gasteiger partial charge in [-0.2, -0.15) is 0 Å². The van der Waals surface area contributed by atoms with Crippen LogP contribution in [0.2, 0.25) is 5.02 Å². The number of hydrogen-bond acceptors (Lipinski definition) is 3. The second-order valence-corrected chi connectivity index (χ2v) is 6.81. The van der Waals surface area contributed by atoms with E-state index in [4.69, 9.17) is 11.6 Å². The first-order chi connectivity index (χ1) is 9.15. The Labute approximate surface area is 126 Å². The smallest absolute Gasteiger partial charge is 0.271 e. The summed E-state index contributed by atoms with van der Waals surface area (Å²) < 4.78 is 0. The van der Waals surface area contributed by atoms with Gasteiger partial charge in [0.05, 0.1) is 11.2 Å². The third-order valence-corrected chi connectivity index (χ3v) is 4.04. The molecule has 0 atom stereocenters. The minimum absolute atomic E-state index is 0.0239. The number of nitrogens with zero attached hydrogens (tertiary/aromatic N) is 2. The van der Waals surface area contributed by atoms with E-state index < -0.39 is 0 Å². The quantitative estimate of drug-likeness (QED) is 0.902. The molecule has 1 amide bonds. The summed E-state index contributed by atoms with van der Waals surface area (Å²) in [6.45, 7) is 13.1.